The maximum atomic E-state index is 12.9. The summed E-state index contributed by atoms with van der Waals surface area (Å²) >= 11 is 0. The topological polar surface area (TPSA) is 76.0 Å². The lowest BCUT2D eigenvalue weighted by atomic mass is 9.93. The second-order valence-corrected chi connectivity index (χ2v) is 6.26. The van der Waals surface area contributed by atoms with Gasteiger partial charge in [-0.2, -0.15) is 10.2 Å². The molecule has 0 radical (unpaired) electrons. The zero-order chi connectivity index (χ0) is 15.6. The van der Waals surface area contributed by atoms with Gasteiger partial charge >= 0.3 is 0 Å². The van der Waals surface area contributed by atoms with Gasteiger partial charge in [-0.25, -0.2) is 0 Å². The number of ether oxygens (including phenoxy) is 1. The van der Waals surface area contributed by atoms with Gasteiger partial charge in [0.2, 0.25) is 0 Å². The molecule has 0 aliphatic carbocycles. The molecule has 2 aliphatic rings. The van der Waals surface area contributed by atoms with Crippen molar-refractivity contribution in [3.63, 3.8) is 0 Å². The molecule has 1 atom stereocenters. The number of rotatable bonds is 3. The Bertz CT molecular complexity index is 660. The molecule has 0 spiro atoms. The highest BCUT2D eigenvalue weighted by Crippen LogP contribution is 2.30. The lowest BCUT2D eigenvalue weighted by Crippen LogP contribution is -2.30. The van der Waals surface area contributed by atoms with E-state index in [2.05, 4.69) is 15.3 Å². The van der Waals surface area contributed by atoms with E-state index in [0.29, 0.717) is 12.5 Å². The summed E-state index contributed by atoms with van der Waals surface area (Å²) in [5, 5.41) is 11.5. The molecule has 0 aromatic carbocycles. The van der Waals surface area contributed by atoms with Crippen LogP contribution in [0.25, 0.3) is 0 Å². The molecule has 2 aromatic heterocycles. The molecule has 7 nitrogen and oxygen atoms in total. The monoisotopic (exact) mass is 315 g/mol. The van der Waals surface area contributed by atoms with E-state index in [-0.39, 0.29) is 11.9 Å². The number of nitrogens with one attached hydrogen (secondary N) is 1. The second kappa shape index (κ2) is 6.16. The van der Waals surface area contributed by atoms with Crippen molar-refractivity contribution in [1.29, 1.82) is 0 Å². The molecule has 0 bridgehead atoms. The number of hydrogen-bond acceptors (Lipinski definition) is 4. The van der Waals surface area contributed by atoms with Gasteiger partial charge < -0.3 is 9.64 Å². The predicted octanol–water partition coefficient (Wildman–Crippen LogP) is 1.59. The minimum absolute atomic E-state index is 0.0786. The minimum atomic E-state index is 0.0786. The molecule has 0 saturated carbocycles. The summed E-state index contributed by atoms with van der Waals surface area (Å²) in [6.45, 7) is 2.98. The Morgan fingerprint density at radius 2 is 2.17 bits per heavy atom. The first-order valence-electron chi connectivity index (χ1n) is 8.22. The Morgan fingerprint density at radius 1 is 1.30 bits per heavy atom. The first kappa shape index (κ1) is 14.4. The lowest BCUT2D eigenvalue weighted by molar-refractivity contribution is 0.0766. The summed E-state index contributed by atoms with van der Waals surface area (Å²) in [4.78, 5) is 14.8. The highest BCUT2D eigenvalue weighted by Gasteiger charge is 2.31. The van der Waals surface area contributed by atoms with E-state index in [9.17, 15) is 4.79 Å². The van der Waals surface area contributed by atoms with Crippen LogP contribution in [0, 0.1) is 0 Å². The molecular weight excluding hydrogens is 294 g/mol. The summed E-state index contributed by atoms with van der Waals surface area (Å²) in [6, 6.07) is 2.19. The fourth-order valence-corrected chi connectivity index (χ4v) is 3.57. The summed E-state index contributed by atoms with van der Waals surface area (Å²) in [6.07, 6.45) is 8.25. The molecule has 1 amide bonds. The smallest absolute Gasteiger partial charge is 0.257 e. The van der Waals surface area contributed by atoms with Crippen LogP contribution >= 0.6 is 0 Å². The molecule has 2 aliphatic heterocycles. The quantitative estimate of drug-likeness (QED) is 0.933. The van der Waals surface area contributed by atoms with E-state index in [4.69, 9.17) is 4.74 Å². The van der Waals surface area contributed by atoms with Crippen molar-refractivity contribution < 1.29 is 9.53 Å². The Hall–Kier alpha value is -2.15. The first-order chi connectivity index (χ1) is 11.3. The largest absolute Gasteiger partial charge is 0.381 e. The number of aromatic nitrogens is 4. The van der Waals surface area contributed by atoms with Gasteiger partial charge in [0.15, 0.2) is 0 Å². The van der Waals surface area contributed by atoms with Gasteiger partial charge in [0, 0.05) is 44.6 Å². The van der Waals surface area contributed by atoms with Crippen molar-refractivity contribution in [2.75, 3.05) is 26.3 Å². The van der Waals surface area contributed by atoms with Crippen LogP contribution < -0.4 is 0 Å². The maximum Gasteiger partial charge on any atom is 0.257 e. The molecular formula is C16H21N5O2. The van der Waals surface area contributed by atoms with Crippen molar-refractivity contribution in [2.45, 2.75) is 31.2 Å². The summed E-state index contributed by atoms with van der Waals surface area (Å²) in [5.74, 6) is 0.421. The van der Waals surface area contributed by atoms with Crippen molar-refractivity contribution in [1.82, 2.24) is 24.9 Å². The van der Waals surface area contributed by atoms with Crippen molar-refractivity contribution in [3.05, 3.63) is 35.9 Å². The number of H-pyrrole nitrogens is 1. The molecule has 1 unspecified atom stereocenters. The van der Waals surface area contributed by atoms with Gasteiger partial charge in [0.25, 0.3) is 5.91 Å². The average Bonchev–Trinajstić information content (AvgIpc) is 3.35. The zero-order valence-electron chi connectivity index (χ0n) is 13.0. The molecule has 4 heterocycles. The summed E-state index contributed by atoms with van der Waals surface area (Å²) in [7, 11) is 0. The van der Waals surface area contributed by atoms with E-state index < -0.39 is 0 Å². The van der Waals surface area contributed by atoms with E-state index in [1.807, 2.05) is 21.8 Å². The molecule has 1 N–H and O–H groups in total. The average molecular weight is 315 g/mol. The maximum absolute atomic E-state index is 12.9. The molecule has 2 aromatic rings. The zero-order valence-corrected chi connectivity index (χ0v) is 13.0. The van der Waals surface area contributed by atoms with Gasteiger partial charge in [-0.3, -0.25) is 14.6 Å². The third kappa shape index (κ3) is 2.76. The van der Waals surface area contributed by atoms with Gasteiger partial charge in [-0.05, 0) is 25.3 Å². The highest BCUT2D eigenvalue weighted by molar-refractivity contribution is 5.95. The van der Waals surface area contributed by atoms with Crippen LogP contribution in [0.15, 0.2) is 24.7 Å². The van der Waals surface area contributed by atoms with Gasteiger partial charge in [-0.15, -0.1) is 0 Å². The van der Waals surface area contributed by atoms with Gasteiger partial charge in [0.05, 0.1) is 23.5 Å². The fraction of sp³-hybridized carbons (Fsp3) is 0.562. The van der Waals surface area contributed by atoms with E-state index in [1.54, 1.807) is 12.4 Å². The first-order valence-corrected chi connectivity index (χ1v) is 8.22. The number of carbonyl (C=O) groups excluding carboxylic acids is 1. The number of carbonyl (C=O) groups is 1. The van der Waals surface area contributed by atoms with Crippen LogP contribution in [-0.4, -0.2) is 57.1 Å². The third-order valence-corrected chi connectivity index (χ3v) is 4.88. The SMILES string of the molecule is O=C(c1cn[nH]c1C1CCOCC1)N1CCC(n2cccn2)C1. The number of likely N-dealkylation sites (tertiary alicyclic amines) is 1. The Morgan fingerprint density at radius 3 is 2.96 bits per heavy atom. The standard InChI is InChI=1S/C16H21N5O2/c22-16(20-7-2-13(11-20)21-6-1-5-18-21)14-10-17-19-15(14)12-3-8-23-9-4-12/h1,5-6,10,12-13H,2-4,7-9,11H2,(H,17,19). The summed E-state index contributed by atoms with van der Waals surface area (Å²) < 4.78 is 7.36. The van der Waals surface area contributed by atoms with Crippen LogP contribution in [0.5, 0.6) is 0 Å². The number of aromatic amines is 1. The Labute approximate surface area is 134 Å². The van der Waals surface area contributed by atoms with Crippen LogP contribution in [0.2, 0.25) is 0 Å². The Kier molecular flexibility index (Phi) is 3.87. The minimum Gasteiger partial charge on any atom is -0.381 e. The molecule has 2 fully saturated rings. The lowest BCUT2D eigenvalue weighted by Gasteiger charge is -2.23. The van der Waals surface area contributed by atoms with Crippen LogP contribution in [0.4, 0.5) is 0 Å². The van der Waals surface area contributed by atoms with Crippen LogP contribution in [0.3, 0.4) is 0 Å². The summed E-state index contributed by atoms with van der Waals surface area (Å²) in [5.41, 5.74) is 1.69. The second-order valence-electron chi connectivity index (χ2n) is 6.26. The molecule has 23 heavy (non-hydrogen) atoms. The van der Waals surface area contributed by atoms with Crippen molar-refractivity contribution in [3.8, 4) is 0 Å². The number of amides is 1. The van der Waals surface area contributed by atoms with E-state index >= 15 is 0 Å². The highest BCUT2D eigenvalue weighted by atomic mass is 16.5. The Balaban J connectivity index is 1.48. The molecule has 4 rings (SSSR count). The molecule has 7 heteroatoms. The van der Waals surface area contributed by atoms with Crippen LogP contribution in [-0.2, 0) is 4.74 Å². The van der Waals surface area contributed by atoms with Gasteiger partial charge in [-0.1, -0.05) is 0 Å². The van der Waals surface area contributed by atoms with E-state index in [1.165, 1.54) is 0 Å². The van der Waals surface area contributed by atoms with Crippen molar-refractivity contribution >= 4 is 5.91 Å². The van der Waals surface area contributed by atoms with Crippen LogP contribution in [0.1, 0.15) is 47.3 Å². The number of hydrogen-bond donors (Lipinski definition) is 1. The fourth-order valence-electron chi connectivity index (χ4n) is 3.57. The molecule has 122 valence electrons. The normalized spacial score (nSPS) is 22.6. The predicted molar refractivity (Wildman–Crippen MR) is 83.2 cm³/mol. The van der Waals surface area contributed by atoms with Gasteiger partial charge in [0.1, 0.15) is 0 Å². The van der Waals surface area contributed by atoms with E-state index in [0.717, 1.165) is 50.3 Å². The van der Waals surface area contributed by atoms with Crippen molar-refractivity contribution in [2.24, 2.45) is 0 Å². The third-order valence-electron chi connectivity index (χ3n) is 4.88. The number of nitrogens with zero attached hydrogens (tertiary/aromatic N) is 4. The molecule has 2 saturated heterocycles.